The number of nitrogens with zero attached hydrogens (tertiary/aromatic N) is 3. The highest BCUT2D eigenvalue weighted by molar-refractivity contribution is 6.45. The second kappa shape index (κ2) is 9.78. The van der Waals surface area contributed by atoms with Crippen LogP contribution < -0.4 is 16.5 Å². The summed E-state index contributed by atoms with van der Waals surface area (Å²) in [5.74, 6) is 0.0410. The zero-order valence-corrected chi connectivity index (χ0v) is 17.2. The van der Waals surface area contributed by atoms with Crippen molar-refractivity contribution in [2.45, 2.75) is 39.2 Å². The monoisotopic (exact) mass is 399 g/mol. The van der Waals surface area contributed by atoms with Crippen molar-refractivity contribution in [2.75, 3.05) is 30.4 Å². The zero-order chi connectivity index (χ0) is 21.4. The number of hydrogen-bond donors (Lipinski definition) is 4. The Morgan fingerprint density at radius 2 is 1.97 bits per heavy atom. The van der Waals surface area contributed by atoms with Crippen LogP contribution in [0.5, 0.6) is 0 Å². The normalized spacial score (nSPS) is 15.4. The lowest BCUT2D eigenvalue weighted by atomic mass is 9.97. The molecular weight excluding hydrogens is 370 g/mol. The standard InChI is InChI=1S/C20H29N7O2/c1-20(2,3)29-19(28)27-10-8-14(9-11-27)13-24-15-6-4-5-7-16(15)25-26-17(12-21)18(22)23/h4-7,14,24-25H,8-11,13H2,1-3H3,(H3,22,23)/b26-17+. The number of hydrogen-bond acceptors (Lipinski definition) is 7. The quantitative estimate of drug-likeness (QED) is 0.329. The molecular formula is C20H29N7O2. The minimum Gasteiger partial charge on any atom is -0.444 e. The number of hydrazone groups is 1. The van der Waals surface area contributed by atoms with Crippen molar-refractivity contribution in [1.29, 1.82) is 10.7 Å². The number of likely N-dealkylation sites (tertiary alicyclic amines) is 1. The highest BCUT2D eigenvalue weighted by Crippen LogP contribution is 2.24. The van der Waals surface area contributed by atoms with Crippen LogP contribution in [0.15, 0.2) is 29.4 Å². The molecule has 1 aliphatic heterocycles. The van der Waals surface area contributed by atoms with Gasteiger partial charge in [-0.15, -0.1) is 0 Å². The third kappa shape index (κ3) is 6.99. The summed E-state index contributed by atoms with van der Waals surface area (Å²) in [4.78, 5) is 13.9. The van der Waals surface area contributed by atoms with Gasteiger partial charge in [0.2, 0.25) is 5.71 Å². The summed E-state index contributed by atoms with van der Waals surface area (Å²) in [6.07, 6.45) is 1.53. The van der Waals surface area contributed by atoms with E-state index in [1.165, 1.54) is 0 Å². The number of amidine groups is 1. The molecule has 1 saturated heterocycles. The summed E-state index contributed by atoms with van der Waals surface area (Å²) in [6.45, 7) is 7.71. The minimum absolute atomic E-state index is 0.172. The van der Waals surface area contributed by atoms with Crippen molar-refractivity contribution in [3.63, 3.8) is 0 Å². The smallest absolute Gasteiger partial charge is 0.410 e. The molecule has 1 amide bonds. The zero-order valence-electron chi connectivity index (χ0n) is 17.2. The van der Waals surface area contributed by atoms with Crippen molar-refractivity contribution >= 4 is 29.0 Å². The lowest BCUT2D eigenvalue weighted by molar-refractivity contribution is 0.0188. The van der Waals surface area contributed by atoms with Crippen molar-refractivity contribution in [1.82, 2.24) is 4.90 Å². The molecule has 0 unspecified atom stereocenters. The van der Waals surface area contributed by atoms with Crippen molar-refractivity contribution < 1.29 is 9.53 Å². The highest BCUT2D eigenvalue weighted by atomic mass is 16.6. The van der Waals surface area contributed by atoms with E-state index in [-0.39, 0.29) is 17.6 Å². The minimum atomic E-state index is -0.484. The third-order valence-corrected chi connectivity index (χ3v) is 4.42. The first kappa shape index (κ1) is 22.0. The Kier molecular flexibility index (Phi) is 7.42. The van der Waals surface area contributed by atoms with Crippen LogP contribution in [0.2, 0.25) is 0 Å². The van der Waals surface area contributed by atoms with Crippen LogP contribution in [0.4, 0.5) is 16.2 Å². The van der Waals surface area contributed by atoms with Gasteiger partial charge < -0.3 is 20.7 Å². The highest BCUT2D eigenvalue weighted by Gasteiger charge is 2.26. The molecule has 9 heteroatoms. The maximum Gasteiger partial charge on any atom is 0.410 e. The Bertz CT molecular complexity index is 800. The van der Waals surface area contributed by atoms with Crippen LogP contribution in [0.1, 0.15) is 33.6 Å². The SMILES string of the molecule is CC(C)(C)OC(=O)N1CCC(CNc2ccccc2N/N=C(\C#N)C(=N)N)CC1. The van der Waals surface area contributed by atoms with Crippen molar-refractivity contribution in [3.05, 3.63) is 24.3 Å². The average Bonchev–Trinajstić information content (AvgIpc) is 2.66. The third-order valence-electron chi connectivity index (χ3n) is 4.42. The number of rotatable bonds is 6. The van der Waals surface area contributed by atoms with E-state index in [1.807, 2.05) is 45.0 Å². The lowest BCUT2D eigenvalue weighted by Gasteiger charge is -2.33. The number of nitrogens with two attached hydrogens (primary N) is 1. The maximum absolute atomic E-state index is 12.2. The van der Waals surface area contributed by atoms with E-state index in [0.29, 0.717) is 24.7 Å². The summed E-state index contributed by atoms with van der Waals surface area (Å²) in [7, 11) is 0. The van der Waals surface area contributed by atoms with E-state index in [2.05, 4.69) is 15.8 Å². The van der Waals surface area contributed by atoms with Crippen molar-refractivity contribution in [3.8, 4) is 6.07 Å². The second-order valence-corrected chi connectivity index (χ2v) is 7.93. The van der Waals surface area contributed by atoms with Crippen LogP contribution in [-0.4, -0.2) is 47.8 Å². The Balaban J connectivity index is 1.88. The van der Waals surface area contributed by atoms with E-state index in [0.717, 1.165) is 25.1 Å². The first-order valence-electron chi connectivity index (χ1n) is 9.58. The molecule has 0 saturated carbocycles. The van der Waals surface area contributed by atoms with E-state index in [1.54, 1.807) is 11.0 Å². The van der Waals surface area contributed by atoms with Gasteiger partial charge in [-0.05, 0) is 51.7 Å². The molecule has 0 aliphatic carbocycles. The van der Waals surface area contributed by atoms with Crippen LogP contribution in [0.25, 0.3) is 0 Å². The molecule has 1 heterocycles. The number of carbonyl (C=O) groups excluding carboxylic acids is 1. The molecule has 156 valence electrons. The fraction of sp³-hybridized carbons (Fsp3) is 0.500. The van der Waals surface area contributed by atoms with Crippen LogP contribution in [0, 0.1) is 22.7 Å². The number of piperidine rings is 1. The fourth-order valence-corrected chi connectivity index (χ4v) is 2.90. The average molecular weight is 399 g/mol. The van der Waals surface area contributed by atoms with Crippen LogP contribution in [0.3, 0.4) is 0 Å². The van der Waals surface area contributed by atoms with Gasteiger partial charge in [0.05, 0.1) is 11.4 Å². The van der Waals surface area contributed by atoms with Crippen molar-refractivity contribution in [2.24, 2.45) is 16.8 Å². The fourth-order valence-electron chi connectivity index (χ4n) is 2.90. The Morgan fingerprint density at radius 3 is 2.52 bits per heavy atom. The number of carbonyl (C=O) groups is 1. The molecule has 29 heavy (non-hydrogen) atoms. The Morgan fingerprint density at radius 1 is 1.34 bits per heavy atom. The van der Waals surface area contributed by atoms with E-state index in [9.17, 15) is 4.79 Å². The van der Waals surface area contributed by atoms with E-state index >= 15 is 0 Å². The lowest BCUT2D eigenvalue weighted by Crippen LogP contribution is -2.42. The van der Waals surface area contributed by atoms with Gasteiger partial charge >= 0.3 is 6.09 Å². The molecule has 1 fully saturated rings. The maximum atomic E-state index is 12.2. The molecule has 0 bridgehead atoms. The number of nitriles is 1. The number of para-hydroxylation sites is 2. The number of ether oxygens (including phenoxy) is 1. The first-order chi connectivity index (χ1) is 13.7. The van der Waals surface area contributed by atoms with Crippen LogP contribution >= 0.6 is 0 Å². The summed E-state index contributed by atoms with van der Waals surface area (Å²) < 4.78 is 5.43. The predicted octanol–water partition coefficient (Wildman–Crippen LogP) is 2.97. The molecule has 1 aliphatic rings. The number of amides is 1. The van der Waals surface area contributed by atoms with Gasteiger partial charge in [-0.1, -0.05) is 12.1 Å². The topological polar surface area (TPSA) is 140 Å². The van der Waals surface area contributed by atoms with Gasteiger partial charge in [0.25, 0.3) is 0 Å². The number of anilines is 2. The molecule has 5 N–H and O–H groups in total. The molecule has 1 aromatic rings. The van der Waals surface area contributed by atoms with Gasteiger partial charge in [0.1, 0.15) is 11.7 Å². The number of nitrogens with one attached hydrogen (secondary N) is 3. The van der Waals surface area contributed by atoms with Gasteiger partial charge in [0, 0.05) is 19.6 Å². The number of benzene rings is 1. The summed E-state index contributed by atoms with van der Waals surface area (Å²) in [6, 6.07) is 9.26. The Labute approximate surface area is 171 Å². The van der Waals surface area contributed by atoms with Gasteiger partial charge in [-0.3, -0.25) is 10.8 Å². The molecule has 0 radical (unpaired) electrons. The summed E-state index contributed by atoms with van der Waals surface area (Å²) in [5, 5.41) is 23.5. The first-order valence-corrected chi connectivity index (χ1v) is 9.58. The van der Waals surface area contributed by atoms with Gasteiger partial charge in [-0.2, -0.15) is 10.4 Å². The molecule has 2 rings (SSSR count). The van der Waals surface area contributed by atoms with Crippen LogP contribution in [-0.2, 0) is 4.74 Å². The second-order valence-electron chi connectivity index (χ2n) is 7.93. The van der Waals surface area contributed by atoms with Gasteiger partial charge in [0.15, 0.2) is 5.84 Å². The van der Waals surface area contributed by atoms with E-state index < -0.39 is 5.60 Å². The molecule has 0 aromatic heterocycles. The van der Waals surface area contributed by atoms with E-state index in [4.69, 9.17) is 21.1 Å². The molecule has 9 nitrogen and oxygen atoms in total. The molecule has 0 spiro atoms. The summed E-state index contributed by atoms with van der Waals surface area (Å²) in [5.41, 5.74) is 8.97. The molecule has 0 atom stereocenters. The predicted molar refractivity (Wildman–Crippen MR) is 114 cm³/mol. The summed E-state index contributed by atoms with van der Waals surface area (Å²) >= 11 is 0. The Hall–Kier alpha value is -3.28. The molecule has 1 aromatic carbocycles. The largest absolute Gasteiger partial charge is 0.444 e. The van der Waals surface area contributed by atoms with Gasteiger partial charge in [-0.25, -0.2) is 4.79 Å².